The van der Waals surface area contributed by atoms with E-state index >= 15 is 0 Å². The van der Waals surface area contributed by atoms with E-state index in [1.807, 2.05) is 0 Å². The second-order valence-corrected chi connectivity index (χ2v) is 6.38. The maximum absolute atomic E-state index is 14.3. The molecule has 1 aliphatic carbocycles. The summed E-state index contributed by atoms with van der Waals surface area (Å²) in [4.78, 5) is 16.2. The van der Waals surface area contributed by atoms with E-state index in [1.54, 1.807) is 7.11 Å². The van der Waals surface area contributed by atoms with Gasteiger partial charge < -0.3 is 24.8 Å². The number of halogens is 2. The lowest BCUT2D eigenvalue weighted by atomic mass is 9.92. The van der Waals surface area contributed by atoms with Crippen LogP contribution >= 0.6 is 12.4 Å². The molecule has 1 atom stereocenters. The van der Waals surface area contributed by atoms with Crippen LogP contribution in [0.2, 0.25) is 0 Å². The highest BCUT2D eigenvalue weighted by atomic mass is 35.5. The summed E-state index contributed by atoms with van der Waals surface area (Å²) in [6, 6.07) is 1.12. The molecule has 1 aliphatic heterocycles. The Morgan fingerprint density at radius 1 is 1.35 bits per heavy atom. The second kappa shape index (κ2) is 9.34. The van der Waals surface area contributed by atoms with Crippen LogP contribution in [-0.2, 0) is 16.1 Å². The zero-order valence-electron chi connectivity index (χ0n) is 14.9. The van der Waals surface area contributed by atoms with Gasteiger partial charge in [0.2, 0.25) is 11.8 Å². The summed E-state index contributed by atoms with van der Waals surface area (Å²) >= 11 is 0. The van der Waals surface area contributed by atoms with E-state index in [2.05, 4.69) is 15.6 Å². The van der Waals surface area contributed by atoms with Gasteiger partial charge in [-0.2, -0.15) is 4.98 Å². The van der Waals surface area contributed by atoms with Crippen molar-refractivity contribution < 1.29 is 23.4 Å². The second-order valence-electron chi connectivity index (χ2n) is 6.38. The Bertz CT molecular complexity index is 622. The average Bonchev–Trinajstić information content (AvgIpc) is 3.11. The summed E-state index contributed by atoms with van der Waals surface area (Å²) < 4.78 is 30.3. The van der Waals surface area contributed by atoms with Crippen LogP contribution in [0.4, 0.5) is 4.39 Å². The van der Waals surface area contributed by atoms with Gasteiger partial charge in [0.25, 0.3) is 5.88 Å². The Labute approximate surface area is 158 Å². The number of aromatic nitrogens is 1. The van der Waals surface area contributed by atoms with Crippen LogP contribution in [0.1, 0.15) is 31.2 Å². The third kappa shape index (κ3) is 4.75. The predicted octanol–water partition coefficient (Wildman–Crippen LogP) is 1.58. The molecular weight excluding hydrogens is 365 g/mol. The molecule has 1 amide bonds. The van der Waals surface area contributed by atoms with Gasteiger partial charge in [0.15, 0.2) is 5.82 Å². The van der Waals surface area contributed by atoms with Crippen LogP contribution in [0, 0.1) is 5.82 Å². The number of carbonyl (C=O) groups is 1. The zero-order chi connectivity index (χ0) is 17.8. The Morgan fingerprint density at radius 2 is 2.12 bits per heavy atom. The maximum atomic E-state index is 14.3. The van der Waals surface area contributed by atoms with Gasteiger partial charge in [-0.15, -0.1) is 12.4 Å². The van der Waals surface area contributed by atoms with Crippen molar-refractivity contribution in [1.29, 1.82) is 0 Å². The standard InChI is InChI=1S/C17H24FN3O4.ClH/c1-23-11-7-12(8-11)25-17-13(18)6-10(16(21-17)24-2)9-20-15(22)14-4-3-5-19-14;/h6,11-12,14,19H,3-5,7-9H2,1-2H3,(H,20,22);1H. The fourth-order valence-electron chi connectivity index (χ4n) is 3.06. The molecule has 2 N–H and O–H groups in total. The van der Waals surface area contributed by atoms with Crippen LogP contribution in [0.15, 0.2) is 6.07 Å². The molecule has 0 radical (unpaired) electrons. The van der Waals surface area contributed by atoms with Crippen molar-refractivity contribution in [3.05, 3.63) is 17.4 Å². The van der Waals surface area contributed by atoms with Crippen molar-refractivity contribution in [3.8, 4) is 11.8 Å². The summed E-state index contributed by atoms with van der Waals surface area (Å²) in [5.74, 6) is -0.493. The fraction of sp³-hybridized carbons (Fsp3) is 0.647. The van der Waals surface area contributed by atoms with E-state index in [0.29, 0.717) is 18.4 Å². The van der Waals surface area contributed by atoms with Crippen LogP contribution < -0.4 is 20.1 Å². The summed E-state index contributed by atoms with van der Waals surface area (Å²) in [5, 5.41) is 5.91. The molecule has 1 unspecified atom stereocenters. The summed E-state index contributed by atoms with van der Waals surface area (Å²) in [6.07, 6.45) is 3.28. The van der Waals surface area contributed by atoms with Gasteiger partial charge in [-0.25, -0.2) is 4.39 Å². The van der Waals surface area contributed by atoms with Gasteiger partial charge in [0.05, 0.1) is 19.3 Å². The highest BCUT2D eigenvalue weighted by Crippen LogP contribution is 2.30. The molecule has 1 saturated carbocycles. The molecule has 2 heterocycles. The summed E-state index contributed by atoms with van der Waals surface area (Å²) in [7, 11) is 3.10. The van der Waals surface area contributed by atoms with E-state index in [0.717, 1.165) is 19.4 Å². The largest absolute Gasteiger partial charge is 0.481 e. The minimum atomic E-state index is -0.565. The molecule has 7 nitrogen and oxygen atoms in total. The Balaban J connectivity index is 0.00000243. The summed E-state index contributed by atoms with van der Waals surface area (Å²) in [5.41, 5.74) is 0.474. The lowest BCUT2D eigenvalue weighted by Gasteiger charge is -2.33. The van der Waals surface area contributed by atoms with Gasteiger partial charge in [0.1, 0.15) is 6.10 Å². The number of ether oxygens (including phenoxy) is 3. The number of methoxy groups -OCH3 is 2. The molecule has 146 valence electrons. The van der Waals surface area contributed by atoms with Crippen molar-refractivity contribution in [3.63, 3.8) is 0 Å². The Morgan fingerprint density at radius 3 is 2.73 bits per heavy atom. The highest BCUT2D eigenvalue weighted by molar-refractivity contribution is 5.85. The molecule has 9 heteroatoms. The van der Waals surface area contributed by atoms with Crippen LogP contribution in [0.25, 0.3) is 0 Å². The van der Waals surface area contributed by atoms with E-state index in [1.165, 1.54) is 13.2 Å². The minimum absolute atomic E-state index is 0. The molecule has 1 aromatic heterocycles. The molecule has 0 spiro atoms. The van der Waals surface area contributed by atoms with Gasteiger partial charge in [-0.05, 0) is 25.5 Å². The number of rotatable bonds is 7. The molecule has 1 saturated heterocycles. The SMILES string of the molecule is COc1nc(OC2CC(OC)C2)c(F)cc1CNC(=O)C1CCCN1.Cl. The number of nitrogens with zero attached hydrogens (tertiary/aromatic N) is 1. The highest BCUT2D eigenvalue weighted by Gasteiger charge is 2.32. The number of hydrogen-bond donors (Lipinski definition) is 2. The van der Waals surface area contributed by atoms with E-state index in [9.17, 15) is 9.18 Å². The third-order valence-corrected chi connectivity index (χ3v) is 4.67. The average molecular weight is 390 g/mol. The Kier molecular flexibility index (Phi) is 7.43. The number of hydrogen-bond acceptors (Lipinski definition) is 6. The number of carbonyl (C=O) groups excluding carboxylic acids is 1. The normalized spacial score (nSPS) is 24.3. The molecule has 26 heavy (non-hydrogen) atoms. The fourth-order valence-corrected chi connectivity index (χ4v) is 3.06. The van der Waals surface area contributed by atoms with Crippen molar-refractivity contribution in [2.75, 3.05) is 20.8 Å². The predicted molar refractivity (Wildman–Crippen MR) is 95.3 cm³/mol. The van der Waals surface area contributed by atoms with Gasteiger partial charge in [-0.3, -0.25) is 4.79 Å². The topological polar surface area (TPSA) is 81.7 Å². The molecule has 3 rings (SSSR count). The number of pyridine rings is 1. The molecule has 2 aliphatic rings. The smallest absolute Gasteiger partial charge is 0.254 e. The van der Waals surface area contributed by atoms with Crippen LogP contribution in [-0.4, -0.2) is 49.9 Å². The van der Waals surface area contributed by atoms with E-state index in [-0.39, 0.29) is 54.9 Å². The molecule has 2 fully saturated rings. The first-order valence-electron chi connectivity index (χ1n) is 8.54. The number of nitrogens with one attached hydrogen (secondary N) is 2. The molecule has 0 aromatic carbocycles. The molecular formula is C17H25ClFN3O4. The molecule has 1 aromatic rings. The summed E-state index contributed by atoms with van der Waals surface area (Å²) in [6.45, 7) is 0.994. The first-order valence-corrected chi connectivity index (χ1v) is 8.54. The van der Waals surface area contributed by atoms with Gasteiger partial charge >= 0.3 is 0 Å². The van der Waals surface area contributed by atoms with Gasteiger partial charge in [0, 0.05) is 32.1 Å². The van der Waals surface area contributed by atoms with Crippen molar-refractivity contribution in [2.45, 2.75) is 50.5 Å². The van der Waals surface area contributed by atoms with Crippen molar-refractivity contribution in [2.24, 2.45) is 0 Å². The van der Waals surface area contributed by atoms with E-state index in [4.69, 9.17) is 14.2 Å². The van der Waals surface area contributed by atoms with Crippen molar-refractivity contribution >= 4 is 18.3 Å². The third-order valence-electron chi connectivity index (χ3n) is 4.67. The molecule has 0 bridgehead atoms. The van der Waals surface area contributed by atoms with Crippen LogP contribution in [0.3, 0.4) is 0 Å². The monoisotopic (exact) mass is 389 g/mol. The Hall–Kier alpha value is -1.64. The van der Waals surface area contributed by atoms with Gasteiger partial charge in [-0.1, -0.05) is 0 Å². The maximum Gasteiger partial charge on any atom is 0.254 e. The minimum Gasteiger partial charge on any atom is -0.481 e. The number of amides is 1. The van der Waals surface area contributed by atoms with E-state index < -0.39 is 5.82 Å². The lowest BCUT2D eigenvalue weighted by Crippen LogP contribution is -2.40. The quantitative estimate of drug-likeness (QED) is 0.736. The van der Waals surface area contributed by atoms with Crippen molar-refractivity contribution in [1.82, 2.24) is 15.6 Å². The lowest BCUT2D eigenvalue weighted by molar-refractivity contribution is -0.122. The first-order chi connectivity index (χ1) is 12.1. The first kappa shape index (κ1) is 20.7. The van der Waals surface area contributed by atoms with Crippen LogP contribution in [0.5, 0.6) is 11.8 Å². The zero-order valence-corrected chi connectivity index (χ0v) is 15.7.